The third-order valence-electron chi connectivity index (χ3n) is 8.17. The van der Waals surface area contributed by atoms with Gasteiger partial charge in [-0.2, -0.15) is 0 Å². The number of aryl methyl sites for hydroxylation is 4. The molecule has 0 saturated carbocycles. The van der Waals surface area contributed by atoms with Gasteiger partial charge in [-0.15, -0.1) is 0 Å². The Kier molecular flexibility index (Phi) is 18.4. The number of rotatable bonds is 6. The van der Waals surface area contributed by atoms with Crippen molar-refractivity contribution >= 4 is 23.7 Å². The van der Waals surface area contributed by atoms with E-state index in [0.29, 0.717) is 31.6 Å². The molecule has 0 bridgehead atoms. The van der Waals surface area contributed by atoms with Crippen molar-refractivity contribution in [3.8, 4) is 0 Å². The molecule has 2 aromatic rings. The van der Waals surface area contributed by atoms with Crippen LogP contribution in [0.25, 0.3) is 0 Å². The number of oxime groups is 1. The molecule has 2 saturated heterocycles. The van der Waals surface area contributed by atoms with Gasteiger partial charge in [0, 0.05) is 42.3 Å². The molecule has 52 heavy (non-hydrogen) atoms. The van der Waals surface area contributed by atoms with Gasteiger partial charge in [0.2, 0.25) is 0 Å². The first-order valence-corrected chi connectivity index (χ1v) is 17.7. The molecule has 0 unspecified atom stereocenters. The Morgan fingerprint density at radius 1 is 0.731 bits per heavy atom. The largest absolute Gasteiger partial charge is 0.444 e. The van der Waals surface area contributed by atoms with E-state index in [1.807, 2.05) is 93.5 Å². The van der Waals surface area contributed by atoms with Crippen LogP contribution >= 0.6 is 0 Å². The minimum Gasteiger partial charge on any atom is -0.444 e. The van der Waals surface area contributed by atoms with Gasteiger partial charge in [-0.3, -0.25) is 24.6 Å². The summed E-state index contributed by atoms with van der Waals surface area (Å²) in [6, 6.07) is 7.26. The molecule has 13 heteroatoms. The summed E-state index contributed by atoms with van der Waals surface area (Å²) in [4.78, 5) is 50.0. The average molecular weight is 729 g/mol. The first-order valence-electron chi connectivity index (χ1n) is 17.7. The number of piperidine rings is 2. The lowest BCUT2D eigenvalue weighted by Gasteiger charge is -2.37. The van der Waals surface area contributed by atoms with Crippen LogP contribution in [-0.2, 0) is 27.1 Å². The van der Waals surface area contributed by atoms with Gasteiger partial charge in [-0.1, -0.05) is 12.6 Å². The van der Waals surface area contributed by atoms with Gasteiger partial charge in [0.1, 0.15) is 11.2 Å². The van der Waals surface area contributed by atoms with Crippen LogP contribution in [0, 0.1) is 27.7 Å². The van der Waals surface area contributed by atoms with Crippen LogP contribution < -0.4 is 5.90 Å². The molecule has 2 amide bonds. The molecule has 13 nitrogen and oxygen atoms in total. The van der Waals surface area contributed by atoms with Gasteiger partial charge in [0.15, 0.2) is 5.78 Å². The summed E-state index contributed by atoms with van der Waals surface area (Å²) in [5, 5.41) is 19.6. The number of carbonyl (C=O) groups is 3. The Balaban J connectivity index is 0.000000488. The maximum Gasteiger partial charge on any atom is 0.410 e. The van der Waals surface area contributed by atoms with E-state index in [9.17, 15) is 19.6 Å². The highest BCUT2D eigenvalue weighted by atomic mass is 16.6. The van der Waals surface area contributed by atoms with E-state index in [1.165, 1.54) is 0 Å². The Hall–Kier alpha value is -4.10. The van der Waals surface area contributed by atoms with E-state index >= 15 is 0 Å². The minimum absolute atomic E-state index is 0. The number of likely N-dealkylation sites (tertiary alicyclic amines) is 2. The highest BCUT2D eigenvalue weighted by Gasteiger charge is 2.35. The van der Waals surface area contributed by atoms with Crippen molar-refractivity contribution < 1.29 is 34.3 Å². The number of aromatic nitrogens is 2. The first-order chi connectivity index (χ1) is 23.8. The van der Waals surface area contributed by atoms with E-state index in [2.05, 4.69) is 21.0 Å². The van der Waals surface area contributed by atoms with Crippen LogP contribution in [0.4, 0.5) is 9.59 Å². The number of ketones is 1. The summed E-state index contributed by atoms with van der Waals surface area (Å²) >= 11 is 0. The van der Waals surface area contributed by atoms with Crippen LogP contribution in [0.1, 0.15) is 121 Å². The number of Topliss-reactive ketones (excluding diaryl/α,β-unsaturated/α-hetero) is 1. The summed E-state index contributed by atoms with van der Waals surface area (Å²) < 4.78 is 11.0. The molecule has 2 fully saturated rings. The molecular formula is C39H64N6O7. The topological polar surface area (TPSA) is 181 Å². The van der Waals surface area contributed by atoms with Crippen molar-refractivity contribution in [2.75, 3.05) is 13.1 Å². The SMILES string of the molecule is C.Cc1cc(C)nc(C/C(=N/O)[C@@H]2CCCCN2C(=O)OC(C)(C)C)c1.Cc1cc(C)nc(CC(=O)[C@@H]2CCCCN2C(=O)OC(C)(C)C)c1.NO. The maximum atomic E-state index is 12.8. The molecule has 2 aliphatic rings. The summed E-state index contributed by atoms with van der Waals surface area (Å²) in [5.41, 5.74) is 5.12. The molecule has 4 rings (SSSR count). The fourth-order valence-electron chi connectivity index (χ4n) is 6.36. The lowest BCUT2D eigenvalue weighted by Crippen LogP contribution is -2.50. The highest BCUT2D eigenvalue weighted by molar-refractivity contribution is 5.93. The zero-order valence-corrected chi connectivity index (χ0v) is 32.3. The number of pyridine rings is 2. The van der Waals surface area contributed by atoms with Crippen molar-refractivity contribution in [1.82, 2.24) is 19.8 Å². The Morgan fingerprint density at radius 3 is 1.54 bits per heavy atom. The number of nitrogens with two attached hydrogens (primary N) is 1. The molecule has 0 aromatic carbocycles. The Morgan fingerprint density at radius 2 is 1.13 bits per heavy atom. The summed E-state index contributed by atoms with van der Waals surface area (Å²) in [6.07, 6.45) is 5.17. The highest BCUT2D eigenvalue weighted by Crippen LogP contribution is 2.24. The minimum atomic E-state index is -0.558. The van der Waals surface area contributed by atoms with Gasteiger partial charge in [0.25, 0.3) is 0 Å². The standard InChI is InChI=1S/C19H29N3O3.C19H28N2O3.CH4.H3NO/c1-13-10-14(2)20-15(11-13)12-16(21-24)17-8-6-7-9-22(17)18(23)25-19(3,4)5;1-13-10-14(2)20-15(11-13)12-17(22)16-8-6-7-9-21(16)18(23)24-19(3,4)5;;1-2/h10-11,17,24H,6-9,12H2,1-5H3;10-11,16H,6-9,12H2,1-5H3;1H4;2H,1H2/b21-16-;;;/t17-;16-;;/m00../s1. The summed E-state index contributed by atoms with van der Waals surface area (Å²) in [5.74, 6) is 3.54. The van der Waals surface area contributed by atoms with Gasteiger partial charge in [-0.25, -0.2) is 15.5 Å². The zero-order chi connectivity index (χ0) is 38.5. The van der Waals surface area contributed by atoms with Crippen molar-refractivity contribution in [2.24, 2.45) is 11.1 Å². The second-order valence-corrected chi connectivity index (χ2v) is 15.3. The van der Waals surface area contributed by atoms with Crippen LogP contribution in [0.5, 0.6) is 0 Å². The van der Waals surface area contributed by atoms with Crippen molar-refractivity contribution in [1.29, 1.82) is 0 Å². The van der Waals surface area contributed by atoms with Gasteiger partial charge < -0.3 is 19.9 Å². The molecule has 0 aliphatic carbocycles. The zero-order valence-electron chi connectivity index (χ0n) is 32.3. The number of nitrogens with zero attached hydrogens (tertiary/aromatic N) is 5. The van der Waals surface area contributed by atoms with E-state index < -0.39 is 23.3 Å². The maximum absolute atomic E-state index is 12.8. The summed E-state index contributed by atoms with van der Waals surface area (Å²) in [6.45, 7) is 20.1. The van der Waals surface area contributed by atoms with E-state index in [4.69, 9.17) is 14.7 Å². The van der Waals surface area contributed by atoms with Crippen LogP contribution in [0.3, 0.4) is 0 Å². The lowest BCUT2D eigenvalue weighted by atomic mass is 9.95. The second kappa shape index (κ2) is 20.8. The molecule has 4 heterocycles. The quantitative estimate of drug-likeness (QED) is 0.154. The molecule has 2 atom stereocenters. The van der Waals surface area contributed by atoms with Crippen LogP contribution in [-0.4, -0.2) is 90.2 Å². The molecular weight excluding hydrogens is 664 g/mol. The third kappa shape index (κ3) is 15.2. The van der Waals surface area contributed by atoms with E-state index in [1.54, 1.807) is 9.80 Å². The number of amides is 2. The smallest absolute Gasteiger partial charge is 0.410 e. The van der Waals surface area contributed by atoms with Gasteiger partial charge >= 0.3 is 12.2 Å². The van der Waals surface area contributed by atoms with Crippen molar-refractivity contribution in [2.45, 2.75) is 151 Å². The van der Waals surface area contributed by atoms with E-state index in [0.717, 1.165) is 66.0 Å². The predicted molar refractivity (Wildman–Crippen MR) is 203 cm³/mol. The van der Waals surface area contributed by atoms with Crippen LogP contribution in [0.15, 0.2) is 29.4 Å². The number of hydrogen-bond acceptors (Lipinski definition) is 11. The normalized spacial score (nSPS) is 17.7. The average Bonchev–Trinajstić information content (AvgIpc) is 3.02. The molecule has 292 valence electrons. The Labute approximate surface area is 310 Å². The monoisotopic (exact) mass is 728 g/mol. The number of hydrogen-bond donors (Lipinski definition) is 3. The predicted octanol–water partition coefficient (Wildman–Crippen LogP) is 7.43. The fraction of sp³-hybridized carbons (Fsp3) is 0.641. The number of carbonyl (C=O) groups excluding carboxylic acids is 3. The molecule has 0 radical (unpaired) electrons. The number of ether oxygens (including phenoxy) is 2. The van der Waals surface area contributed by atoms with Crippen molar-refractivity contribution in [3.05, 3.63) is 58.2 Å². The van der Waals surface area contributed by atoms with Crippen LogP contribution in [0.2, 0.25) is 0 Å². The second-order valence-electron chi connectivity index (χ2n) is 15.3. The van der Waals surface area contributed by atoms with Gasteiger partial charge in [-0.05, 0) is 143 Å². The Bertz CT molecular complexity index is 1460. The molecule has 0 spiro atoms. The summed E-state index contributed by atoms with van der Waals surface area (Å²) in [7, 11) is 0. The van der Waals surface area contributed by atoms with E-state index in [-0.39, 0.29) is 31.8 Å². The van der Waals surface area contributed by atoms with Crippen molar-refractivity contribution in [3.63, 3.8) is 0 Å². The molecule has 4 N–H and O–H groups in total. The molecule has 2 aromatic heterocycles. The van der Waals surface area contributed by atoms with Gasteiger partial charge in [0.05, 0.1) is 24.2 Å². The lowest BCUT2D eigenvalue weighted by molar-refractivity contribution is -0.124. The third-order valence-corrected chi connectivity index (χ3v) is 8.17. The first kappa shape index (κ1) is 45.9. The molecule has 2 aliphatic heterocycles. The fourth-order valence-corrected chi connectivity index (χ4v) is 6.36.